The van der Waals surface area contributed by atoms with E-state index in [-0.39, 0.29) is 18.4 Å². The third kappa shape index (κ3) is 5.06. The average Bonchev–Trinajstić information content (AvgIpc) is 2.79. The minimum absolute atomic E-state index is 0.0381. The van der Waals surface area contributed by atoms with Crippen molar-refractivity contribution in [1.29, 1.82) is 0 Å². The molecule has 0 aliphatic rings. The Morgan fingerprint density at radius 1 is 0.867 bits per heavy atom. The molecule has 0 radical (unpaired) electrons. The van der Waals surface area contributed by atoms with Gasteiger partial charge in [0.2, 0.25) is 11.8 Å². The van der Waals surface area contributed by atoms with Gasteiger partial charge in [-0.3, -0.25) is 9.59 Å². The van der Waals surface area contributed by atoms with Crippen LogP contribution in [0.1, 0.15) is 24.0 Å². The molecule has 5 heteroatoms. The molecule has 0 aromatic heterocycles. The average molecular weight is 402 g/mol. The molecule has 3 aromatic rings. The van der Waals surface area contributed by atoms with Crippen LogP contribution in [0.2, 0.25) is 0 Å². The summed E-state index contributed by atoms with van der Waals surface area (Å²) in [6.07, 6.45) is 0. The molecule has 30 heavy (non-hydrogen) atoms. The maximum absolute atomic E-state index is 13.5. The highest BCUT2D eigenvalue weighted by Gasteiger charge is 2.28. The van der Waals surface area contributed by atoms with E-state index in [1.54, 1.807) is 24.1 Å². The number of benzene rings is 3. The summed E-state index contributed by atoms with van der Waals surface area (Å²) in [7, 11) is 1.55. The van der Waals surface area contributed by atoms with Crippen LogP contribution >= 0.6 is 0 Å². The van der Waals surface area contributed by atoms with Gasteiger partial charge < -0.3 is 15.0 Å². The number of nitrogens with one attached hydrogen (secondary N) is 1. The highest BCUT2D eigenvalue weighted by molar-refractivity contribution is 5.97. The second-order valence-corrected chi connectivity index (χ2v) is 6.86. The fourth-order valence-corrected chi connectivity index (χ4v) is 3.41. The Morgan fingerprint density at radius 3 is 1.93 bits per heavy atom. The van der Waals surface area contributed by atoms with E-state index < -0.39 is 5.92 Å². The Morgan fingerprint density at radius 2 is 1.40 bits per heavy atom. The molecule has 0 unspecified atom stereocenters. The summed E-state index contributed by atoms with van der Waals surface area (Å²) in [5.74, 6) is -0.266. The molecule has 5 nitrogen and oxygen atoms in total. The van der Waals surface area contributed by atoms with E-state index in [9.17, 15) is 9.59 Å². The Balaban J connectivity index is 1.81. The Bertz CT molecular complexity index is 934. The molecule has 0 spiro atoms. The first kappa shape index (κ1) is 21.1. The Hall–Kier alpha value is -3.60. The quantitative estimate of drug-likeness (QED) is 0.611. The molecule has 3 rings (SSSR count). The lowest BCUT2D eigenvalue weighted by molar-refractivity contribution is -0.135. The van der Waals surface area contributed by atoms with Gasteiger partial charge in [-0.25, -0.2) is 0 Å². The third-order valence-corrected chi connectivity index (χ3v) is 4.92. The zero-order valence-corrected chi connectivity index (χ0v) is 17.2. The predicted molar refractivity (Wildman–Crippen MR) is 119 cm³/mol. The van der Waals surface area contributed by atoms with Crippen LogP contribution in [-0.2, 0) is 9.59 Å². The fraction of sp³-hybridized carbons (Fsp3) is 0.200. The third-order valence-electron chi connectivity index (χ3n) is 4.92. The molecular formula is C25H26N2O3. The van der Waals surface area contributed by atoms with Gasteiger partial charge in [0.25, 0.3) is 0 Å². The lowest BCUT2D eigenvalue weighted by atomic mass is 9.90. The van der Waals surface area contributed by atoms with Crippen LogP contribution in [0.15, 0.2) is 84.9 Å². The normalized spacial score (nSPS) is 10.5. The van der Waals surface area contributed by atoms with Gasteiger partial charge in [-0.1, -0.05) is 72.8 Å². The van der Waals surface area contributed by atoms with Crippen molar-refractivity contribution < 1.29 is 14.3 Å². The van der Waals surface area contributed by atoms with Gasteiger partial charge in [0.15, 0.2) is 0 Å². The summed E-state index contributed by atoms with van der Waals surface area (Å²) in [6.45, 7) is 2.26. The van der Waals surface area contributed by atoms with Crippen molar-refractivity contribution in [1.82, 2.24) is 4.90 Å². The second kappa shape index (κ2) is 10.3. The molecule has 0 saturated heterocycles. The van der Waals surface area contributed by atoms with Crippen molar-refractivity contribution in [3.63, 3.8) is 0 Å². The summed E-state index contributed by atoms with van der Waals surface area (Å²) in [5, 5.41) is 2.84. The van der Waals surface area contributed by atoms with E-state index in [0.717, 1.165) is 11.1 Å². The van der Waals surface area contributed by atoms with Gasteiger partial charge in [0, 0.05) is 6.54 Å². The van der Waals surface area contributed by atoms with Crippen molar-refractivity contribution in [3.05, 3.63) is 96.1 Å². The number of ether oxygens (including phenoxy) is 1. The standard InChI is InChI=1S/C25H26N2O3/c1-3-27(18-23(28)26-21-16-10-11-17-22(21)30-2)25(29)24(19-12-6-4-7-13-19)20-14-8-5-9-15-20/h4-17,24H,3,18H2,1-2H3,(H,26,28). The molecule has 0 aliphatic heterocycles. The number of carbonyl (C=O) groups excluding carboxylic acids is 2. The first-order chi connectivity index (χ1) is 14.6. The number of carbonyl (C=O) groups is 2. The highest BCUT2D eigenvalue weighted by atomic mass is 16.5. The summed E-state index contributed by atoms with van der Waals surface area (Å²) in [6, 6.07) is 26.5. The summed E-state index contributed by atoms with van der Waals surface area (Å²) < 4.78 is 5.28. The van der Waals surface area contributed by atoms with Gasteiger partial charge in [-0.05, 0) is 30.2 Å². The molecule has 0 fully saturated rings. The van der Waals surface area contributed by atoms with Gasteiger partial charge in [-0.15, -0.1) is 0 Å². The number of nitrogens with zero attached hydrogens (tertiary/aromatic N) is 1. The van der Waals surface area contributed by atoms with Gasteiger partial charge >= 0.3 is 0 Å². The number of anilines is 1. The molecule has 0 heterocycles. The topological polar surface area (TPSA) is 58.6 Å². The molecular weight excluding hydrogens is 376 g/mol. The highest BCUT2D eigenvalue weighted by Crippen LogP contribution is 2.27. The number of methoxy groups -OCH3 is 1. The van der Waals surface area contributed by atoms with Crippen molar-refractivity contribution in [3.8, 4) is 5.75 Å². The van der Waals surface area contributed by atoms with E-state index >= 15 is 0 Å². The lowest BCUT2D eigenvalue weighted by Crippen LogP contribution is -2.40. The number of likely N-dealkylation sites (N-methyl/N-ethyl adjacent to an activating group) is 1. The van der Waals surface area contributed by atoms with E-state index in [0.29, 0.717) is 18.0 Å². The van der Waals surface area contributed by atoms with E-state index in [2.05, 4.69) is 5.32 Å². The number of hydrogen-bond donors (Lipinski definition) is 1. The van der Waals surface area contributed by atoms with Gasteiger partial charge in [-0.2, -0.15) is 0 Å². The molecule has 0 aliphatic carbocycles. The second-order valence-electron chi connectivity index (χ2n) is 6.86. The first-order valence-electron chi connectivity index (χ1n) is 9.95. The smallest absolute Gasteiger partial charge is 0.244 e. The van der Waals surface area contributed by atoms with Crippen LogP contribution in [0.3, 0.4) is 0 Å². The number of para-hydroxylation sites is 2. The van der Waals surface area contributed by atoms with Crippen molar-refractivity contribution in [2.24, 2.45) is 0 Å². The summed E-state index contributed by atoms with van der Waals surface area (Å²) >= 11 is 0. The largest absolute Gasteiger partial charge is 0.495 e. The van der Waals surface area contributed by atoms with E-state index in [4.69, 9.17) is 4.74 Å². The fourth-order valence-electron chi connectivity index (χ4n) is 3.41. The first-order valence-corrected chi connectivity index (χ1v) is 9.95. The number of rotatable bonds is 8. The lowest BCUT2D eigenvalue weighted by Gasteiger charge is -2.26. The zero-order chi connectivity index (χ0) is 21.3. The molecule has 154 valence electrons. The monoisotopic (exact) mass is 402 g/mol. The molecule has 3 aromatic carbocycles. The zero-order valence-electron chi connectivity index (χ0n) is 17.2. The van der Waals surface area contributed by atoms with Crippen LogP contribution in [0, 0.1) is 0 Å². The van der Waals surface area contributed by atoms with Gasteiger partial charge in [0.05, 0.1) is 25.3 Å². The Labute approximate surface area is 177 Å². The molecule has 2 amide bonds. The van der Waals surface area contributed by atoms with Crippen LogP contribution in [0.4, 0.5) is 5.69 Å². The molecule has 0 atom stereocenters. The maximum Gasteiger partial charge on any atom is 0.244 e. The molecule has 0 bridgehead atoms. The minimum Gasteiger partial charge on any atom is -0.495 e. The van der Waals surface area contributed by atoms with Crippen LogP contribution in [-0.4, -0.2) is 36.9 Å². The van der Waals surface area contributed by atoms with E-state index in [1.165, 1.54) is 0 Å². The van der Waals surface area contributed by atoms with Crippen molar-refractivity contribution >= 4 is 17.5 Å². The van der Waals surface area contributed by atoms with Crippen LogP contribution in [0.25, 0.3) is 0 Å². The maximum atomic E-state index is 13.5. The van der Waals surface area contributed by atoms with E-state index in [1.807, 2.05) is 79.7 Å². The van der Waals surface area contributed by atoms with Gasteiger partial charge in [0.1, 0.15) is 5.75 Å². The van der Waals surface area contributed by atoms with Crippen LogP contribution in [0.5, 0.6) is 5.75 Å². The van der Waals surface area contributed by atoms with Crippen LogP contribution < -0.4 is 10.1 Å². The Kier molecular flexibility index (Phi) is 7.22. The SMILES string of the molecule is CCN(CC(=O)Nc1ccccc1OC)C(=O)C(c1ccccc1)c1ccccc1. The summed E-state index contributed by atoms with van der Waals surface area (Å²) in [4.78, 5) is 27.8. The van der Waals surface area contributed by atoms with Crippen molar-refractivity contribution in [2.45, 2.75) is 12.8 Å². The molecule has 0 saturated carbocycles. The molecule has 1 N–H and O–H groups in total. The number of hydrogen-bond acceptors (Lipinski definition) is 3. The predicted octanol–water partition coefficient (Wildman–Crippen LogP) is 4.31. The van der Waals surface area contributed by atoms with Crippen molar-refractivity contribution in [2.75, 3.05) is 25.5 Å². The summed E-state index contributed by atoms with van der Waals surface area (Å²) in [5.41, 5.74) is 2.38. The number of amides is 2. The minimum atomic E-state index is -0.466.